The summed E-state index contributed by atoms with van der Waals surface area (Å²) in [5, 5.41) is 11.9. The van der Waals surface area contributed by atoms with Crippen LogP contribution in [0.3, 0.4) is 0 Å². The number of nitrogen functional groups attached to an aromatic ring is 1. The van der Waals surface area contributed by atoms with Crippen molar-refractivity contribution in [3.8, 4) is 6.07 Å². The van der Waals surface area contributed by atoms with Crippen molar-refractivity contribution in [2.75, 3.05) is 11.1 Å². The summed E-state index contributed by atoms with van der Waals surface area (Å²) in [6.07, 6.45) is 0.749. The summed E-state index contributed by atoms with van der Waals surface area (Å²) in [4.78, 5) is 12.3. The smallest absolute Gasteiger partial charge is 0.232 e. The number of nitriles is 1. The third-order valence-electron chi connectivity index (χ3n) is 3.59. The van der Waals surface area contributed by atoms with Crippen LogP contribution in [0.1, 0.15) is 22.6 Å². The molecule has 0 aromatic heterocycles. The number of rotatable bonds is 2. The Balaban J connectivity index is 1.80. The third kappa shape index (κ3) is 1.99. The second-order valence-electron chi connectivity index (χ2n) is 4.86. The summed E-state index contributed by atoms with van der Waals surface area (Å²) >= 11 is 0. The molecule has 98 valence electrons. The molecule has 3 rings (SSSR count). The molecule has 0 saturated heterocycles. The Morgan fingerprint density at radius 1 is 1.30 bits per heavy atom. The van der Waals surface area contributed by atoms with Gasteiger partial charge in [-0.15, -0.1) is 0 Å². The first-order chi connectivity index (χ1) is 9.69. The van der Waals surface area contributed by atoms with Crippen molar-refractivity contribution in [3.05, 3.63) is 59.2 Å². The van der Waals surface area contributed by atoms with Crippen LogP contribution in [0, 0.1) is 11.3 Å². The fourth-order valence-corrected chi connectivity index (χ4v) is 2.48. The number of amides is 1. The second kappa shape index (κ2) is 4.71. The Morgan fingerprint density at radius 2 is 2.10 bits per heavy atom. The van der Waals surface area contributed by atoms with Gasteiger partial charge in [-0.25, -0.2) is 0 Å². The van der Waals surface area contributed by atoms with Gasteiger partial charge in [-0.05, 0) is 35.7 Å². The zero-order valence-corrected chi connectivity index (χ0v) is 10.8. The van der Waals surface area contributed by atoms with Crippen molar-refractivity contribution in [2.24, 2.45) is 0 Å². The Labute approximate surface area is 116 Å². The number of fused-ring (bicyclic) bond motifs is 1. The highest BCUT2D eigenvalue weighted by Crippen LogP contribution is 2.35. The molecule has 20 heavy (non-hydrogen) atoms. The molecule has 2 aromatic carbocycles. The molecular formula is C16H13N3O. The lowest BCUT2D eigenvalue weighted by Crippen LogP contribution is -2.30. The number of hydrogen-bond donors (Lipinski definition) is 2. The molecule has 2 aromatic rings. The number of nitrogens with two attached hydrogens (primary N) is 1. The molecule has 0 aliphatic heterocycles. The average Bonchev–Trinajstić information content (AvgIpc) is 2.42. The van der Waals surface area contributed by atoms with E-state index in [9.17, 15) is 4.79 Å². The van der Waals surface area contributed by atoms with Gasteiger partial charge in [0.05, 0.1) is 17.2 Å². The molecule has 0 bridgehead atoms. The van der Waals surface area contributed by atoms with E-state index < -0.39 is 0 Å². The predicted octanol–water partition coefficient (Wildman–Crippen LogP) is 2.42. The molecule has 1 aliphatic carbocycles. The highest BCUT2D eigenvalue weighted by molar-refractivity contribution is 5.98. The van der Waals surface area contributed by atoms with E-state index in [0.29, 0.717) is 16.9 Å². The zero-order valence-electron chi connectivity index (χ0n) is 10.8. The standard InChI is InChI=1S/C16H13N3O/c17-9-11-7-12(18)5-6-15(11)19-16(20)14-8-10-3-1-2-4-13(10)14/h1-7,14H,8,18H2,(H,19,20). The fraction of sp³-hybridized carbons (Fsp3) is 0.125. The van der Waals surface area contributed by atoms with Crippen LogP contribution < -0.4 is 11.1 Å². The van der Waals surface area contributed by atoms with Crippen LogP contribution >= 0.6 is 0 Å². The van der Waals surface area contributed by atoms with Gasteiger partial charge >= 0.3 is 0 Å². The number of carbonyl (C=O) groups excluding carboxylic acids is 1. The van der Waals surface area contributed by atoms with Gasteiger partial charge in [-0.3, -0.25) is 4.79 Å². The molecule has 1 amide bonds. The van der Waals surface area contributed by atoms with Gasteiger partial charge in [0.25, 0.3) is 0 Å². The lowest BCUT2D eigenvalue weighted by atomic mass is 9.77. The van der Waals surface area contributed by atoms with E-state index in [4.69, 9.17) is 11.0 Å². The fourth-order valence-electron chi connectivity index (χ4n) is 2.48. The number of nitrogens with one attached hydrogen (secondary N) is 1. The molecule has 0 spiro atoms. The summed E-state index contributed by atoms with van der Waals surface area (Å²) in [7, 11) is 0. The minimum atomic E-state index is -0.129. The van der Waals surface area contributed by atoms with E-state index in [-0.39, 0.29) is 11.8 Å². The highest BCUT2D eigenvalue weighted by Gasteiger charge is 2.31. The summed E-state index contributed by atoms with van der Waals surface area (Å²) < 4.78 is 0. The minimum Gasteiger partial charge on any atom is -0.399 e. The van der Waals surface area contributed by atoms with Gasteiger partial charge in [0.1, 0.15) is 6.07 Å². The summed E-state index contributed by atoms with van der Waals surface area (Å²) in [5.74, 6) is -0.208. The monoisotopic (exact) mass is 263 g/mol. The van der Waals surface area contributed by atoms with E-state index in [1.807, 2.05) is 30.3 Å². The molecule has 1 unspecified atom stereocenters. The number of hydrogen-bond acceptors (Lipinski definition) is 3. The van der Waals surface area contributed by atoms with Crippen molar-refractivity contribution in [1.29, 1.82) is 5.26 Å². The first-order valence-corrected chi connectivity index (χ1v) is 6.37. The van der Waals surface area contributed by atoms with Gasteiger partial charge < -0.3 is 11.1 Å². The van der Waals surface area contributed by atoms with Gasteiger partial charge in [-0.1, -0.05) is 24.3 Å². The summed E-state index contributed by atoms with van der Waals surface area (Å²) in [6.45, 7) is 0. The van der Waals surface area contributed by atoms with Gasteiger partial charge in [0.15, 0.2) is 0 Å². The lowest BCUT2D eigenvalue weighted by Gasteiger charge is -2.29. The number of benzene rings is 2. The highest BCUT2D eigenvalue weighted by atomic mass is 16.1. The van der Waals surface area contributed by atoms with Gasteiger partial charge in [0, 0.05) is 5.69 Å². The van der Waals surface area contributed by atoms with Crippen molar-refractivity contribution in [3.63, 3.8) is 0 Å². The van der Waals surface area contributed by atoms with Gasteiger partial charge in [-0.2, -0.15) is 5.26 Å². The molecule has 4 heteroatoms. The van der Waals surface area contributed by atoms with Crippen molar-refractivity contribution >= 4 is 17.3 Å². The first kappa shape index (κ1) is 12.2. The van der Waals surface area contributed by atoms with Crippen molar-refractivity contribution in [1.82, 2.24) is 0 Å². The average molecular weight is 263 g/mol. The molecular weight excluding hydrogens is 250 g/mol. The maximum atomic E-state index is 12.3. The summed E-state index contributed by atoms with van der Waals surface area (Å²) in [5.41, 5.74) is 9.31. The molecule has 3 N–H and O–H groups in total. The van der Waals surface area contributed by atoms with E-state index in [2.05, 4.69) is 5.32 Å². The molecule has 0 saturated carbocycles. The van der Waals surface area contributed by atoms with Crippen molar-refractivity contribution in [2.45, 2.75) is 12.3 Å². The Bertz CT molecular complexity index is 731. The van der Waals surface area contributed by atoms with Crippen molar-refractivity contribution < 1.29 is 4.79 Å². The largest absolute Gasteiger partial charge is 0.399 e. The molecule has 0 heterocycles. The topological polar surface area (TPSA) is 78.9 Å². The Morgan fingerprint density at radius 3 is 2.85 bits per heavy atom. The van der Waals surface area contributed by atoms with E-state index in [0.717, 1.165) is 12.0 Å². The Kier molecular flexibility index (Phi) is 2.88. The molecule has 4 nitrogen and oxygen atoms in total. The maximum absolute atomic E-state index is 12.3. The summed E-state index contributed by atoms with van der Waals surface area (Å²) in [6, 6.07) is 14.8. The maximum Gasteiger partial charge on any atom is 0.232 e. The number of anilines is 2. The van der Waals surface area contributed by atoms with Crippen LogP contribution in [0.15, 0.2) is 42.5 Å². The molecule has 0 radical (unpaired) electrons. The van der Waals surface area contributed by atoms with Crippen LogP contribution in [-0.4, -0.2) is 5.91 Å². The molecule has 1 aliphatic rings. The third-order valence-corrected chi connectivity index (χ3v) is 3.59. The van der Waals surface area contributed by atoms with E-state index >= 15 is 0 Å². The normalized spacial score (nSPS) is 15.7. The minimum absolute atomic E-state index is 0.0787. The Hall–Kier alpha value is -2.80. The van der Waals surface area contributed by atoms with Crippen LogP contribution in [0.4, 0.5) is 11.4 Å². The van der Waals surface area contributed by atoms with Crippen LogP contribution in [0.25, 0.3) is 0 Å². The number of nitrogens with zero attached hydrogens (tertiary/aromatic N) is 1. The van der Waals surface area contributed by atoms with Crippen LogP contribution in [-0.2, 0) is 11.2 Å². The van der Waals surface area contributed by atoms with E-state index in [1.165, 1.54) is 5.56 Å². The molecule has 1 atom stereocenters. The first-order valence-electron chi connectivity index (χ1n) is 6.37. The van der Waals surface area contributed by atoms with Crippen LogP contribution in [0.5, 0.6) is 0 Å². The molecule has 0 fully saturated rings. The zero-order chi connectivity index (χ0) is 14.1. The van der Waals surface area contributed by atoms with Gasteiger partial charge in [0.2, 0.25) is 5.91 Å². The second-order valence-corrected chi connectivity index (χ2v) is 4.86. The number of carbonyl (C=O) groups is 1. The van der Waals surface area contributed by atoms with E-state index in [1.54, 1.807) is 18.2 Å². The lowest BCUT2D eigenvalue weighted by molar-refractivity contribution is -0.118. The quantitative estimate of drug-likeness (QED) is 0.817. The predicted molar refractivity (Wildman–Crippen MR) is 77.1 cm³/mol. The van der Waals surface area contributed by atoms with Crippen LogP contribution in [0.2, 0.25) is 0 Å². The SMILES string of the molecule is N#Cc1cc(N)ccc1NC(=O)C1Cc2ccccc21.